The zero-order chi connectivity index (χ0) is 26.6. The number of nitrogens with one attached hydrogen (secondary N) is 2. The van der Waals surface area contributed by atoms with E-state index >= 15 is 0 Å². The summed E-state index contributed by atoms with van der Waals surface area (Å²) in [7, 11) is 0. The monoisotopic (exact) mass is 539 g/mol. The van der Waals surface area contributed by atoms with E-state index in [-0.39, 0.29) is 33.0 Å². The first-order chi connectivity index (χ1) is 17.4. The highest BCUT2D eigenvalue weighted by molar-refractivity contribution is 6.36. The van der Waals surface area contributed by atoms with Crippen molar-refractivity contribution in [2.45, 2.75) is 39.3 Å². The molecule has 0 unspecified atom stereocenters. The lowest BCUT2D eigenvalue weighted by Crippen LogP contribution is -2.17. The smallest absolute Gasteiger partial charge is 0.258 e. The Morgan fingerprint density at radius 3 is 2.54 bits per heavy atom. The highest BCUT2D eigenvalue weighted by Gasteiger charge is 2.22. The molecule has 3 aromatic carbocycles. The number of hydrogen-bond donors (Lipinski definition) is 3. The van der Waals surface area contributed by atoms with Gasteiger partial charge < -0.3 is 14.7 Å². The van der Waals surface area contributed by atoms with Crippen LogP contribution in [0.4, 0.5) is 10.3 Å². The van der Waals surface area contributed by atoms with Gasteiger partial charge in [0.25, 0.3) is 5.91 Å². The van der Waals surface area contributed by atoms with Gasteiger partial charge in [0.15, 0.2) is 0 Å². The predicted molar refractivity (Wildman–Crippen MR) is 145 cm³/mol. The molecule has 7 nitrogen and oxygen atoms in total. The Labute approximate surface area is 222 Å². The van der Waals surface area contributed by atoms with Gasteiger partial charge in [-0.25, -0.2) is 14.4 Å². The molecule has 0 saturated heterocycles. The third-order valence-electron chi connectivity index (χ3n) is 6.14. The van der Waals surface area contributed by atoms with Gasteiger partial charge in [-0.3, -0.25) is 10.1 Å². The second-order valence-electron chi connectivity index (χ2n) is 9.65. The maximum Gasteiger partial charge on any atom is 0.258 e. The molecule has 0 aliphatic rings. The normalized spacial score (nSPS) is 12.1. The number of carbonyl (C=O) groups is 1. The molecule has 37 heavy (non-hydrogen) atoms. The summed E-state index contributed by atoms with van der Waals surface area (Å²) in [4.78, 5) is 25.3. The van der Waals surface area contributed by atoms with Gasteiger partial charge in [-0.15, -0.1) is 0 Å². The third kappa shape index (κ3) is 4.56. The van der Waals surface area contributed by atoms with Crippen molar-refractivity contribution in [3.8, 4) is 11.4 Å². The molecule has 2 aromatic heterocycles. The highest BCUT2D eigenvalue weighted by atomic mass is 35.5. The van der Waals surface area contributed by atoms with Crippen LogP contribution in [-0.4, -0.2) is 30.5 Å². The lowest BCUT2D eigenvalue weighted by Gasteiger charge is -2.18. The van der Waals surface area contributed by atoms with Crippen molar-refractivity contribution in [2.75, 3.05) is 5.32 Å². The zero-order valence-electron chi connectivity index (χ0n) is 20.5. The van der Waals surface area contributed by atoms with Crippen LogP contribution in [0.25, 0.3) is 33.5 Å². The van der Waals surface area contributed by atoms with E-state index in [1.807, 2.05) is 36.6 Å². The Kier molecular flexibility index (Phi) is 6.22. The fourth-order valence-corrected chi connectivity index (χ4v) is 4.83. The molecule has 1 amide bonds. The minimum atomic E-state index is -1.03. The second-order valence-corrected chi connectivity index (χ2v) is 10.5. The van der Waals surface area contributed by atoms with Crippen LogP contribution < -0.4 is 5.32 Å². The van der Waals surface area contributed by atoms with Crippen molar-refractivity contribution in [1.82, 2.24) is 19.5 Å². The Balaban J connectivity index is 1.53. The van der Waals surface area contributed by atoms with Crippen molar-refractivity contribution in [3.63, 3.8) is 0 Å². The molecule has 0 fully saturated rings. The number of aliphatic hydroxyl groups is 1. The fraction of sp³-hybridized carbons (Fsp3) is 0.222. The van der Waals surface area contributed by atoms with E-state index in [1.54, 1.807) is 26.0 Å². The lowest BCUT2D eigenvalue weighted by molar-refractivity contribution is 0.0787. The van der Waals surface area contributed by atoms with Crippen LogP contribution in [0.3, 0.4) is 0 Å². The first kappa shape index (κ1) is 25.2. The number of rotatable bonds is 5. The van der Waals surface area contributed by atoms with E-state index in [2.05, 4.69) is 20.3 Å². The Morgan fingerprint density at radius 1 is 1.11 bits per heavy atom. The number of H-pyrrole nitrogens is 1. The molecule has 0 spiro atoms. The summed E-state index contributed by atoms with van der Waals surface area (Å²) in [5.41, 5.74) is 2.41. The van der Waals surface area contributed by atoms with Crippen molar-refractivity contribution in [2.24, 2.45) is 0 Å². The molecule has 2 heterocycles. The fourth-order valence-electron chi connectivity index (χ4n) is 4.31. The average Bonchev–Trinajstić information content (AvgIpc) is 3.39. The van der Waals surface area contributed by atoms with Crippen LogP contribution in [0.5, 0.6) is 0 Å². The maximum absolute atomic E-state index is 14.4. The maximum atomic E-state index is 14.4. The summed E-state index contributed by atoms with van der Waals surface area (Å²) >= 11 is 12.7. The van der Waals surface area contributed by atoms with Crippen LogP contribution in [0.2, 0.25) is 10.0 Å². The molecule has 0 bridgehead atoms. The van der Waals surface area contributed by atoms with E-state index in [9.17, 15) is 14.3 Å². The average molecular weight is 540 g/mol. The number of fused-ring (bicyclic) bond motifs is 2. The molecule has 190 valence electrons. The van der Waals surface area contributed by atoms with Crippen LogP contribution in [0.1, 0.15) is 49.7 Å². The molecule has 0 aliphatic heterocycles. The largest absolute Gasteiger partial charge is 0.386 e. The number of halogens is 3. The minimum absolute atomic E-state index is 0.0000347. The van der Waals surface area contributed by atoms with Crippen molar-refractivity contribution in [3.05, 3.63) is 75.5 Å². The van der Waals surface area contributed by atoms with Crippen LogP contribution in [-0.2, 0) is 5.60 Å². The number of benzene rings is 3. The lowest BCUT2D eigenvalue weighted by atomic mass is 9.98. The molecule has 0 saturated carbocycles. The van der Waals surface area contributed by atoms with Gasteiger partial charge in [0, 0.05) is 11.6 Å². The van der Waals surface area contributed by atoms with Gasteiger partial charge in [-0.2, -0.15) is 0 Å². The quantitative estimate of drug-likeness (QED) is 0.222. The summed E-state index contributed by atoms with van der Waals surface area (Å²) in [5.74, 6) is -0.380. The summed E-state index contributed by atoms with van der Waals surface area (Å²) in [6.45, 7) is 7.39. The minimum Gasteiger partial charge on any atom is -0.386 e. The molecule has 0 aliphatic carbocycles. The number of anilines is 1. The van der Waals surface area contributed by atoms with Gasteiger partial charge in [0.2, 0.25) is 5.95 Å². The first-order valence-corrected chi connectivity index (χ1v) is 12.4. The molecular weight excluding hydrogens is 516 g/mol. The Bertz CT molecular complexity index is 1660. The summed E-state index contributed by atoms with van der Waals surface area (Å²) in [6, 6.07) is 13.0. The molecule has 5 aromatic rings. The third-order valence-corrected chi connectivity index (χ3v) is 6.74. The van der Waals surface area contributed by atoms with Gasteiger partial charge in [0.05, 0.1) is 37.8 Å². The Morgan fingerprint density at radius 2 is 1.86 bits per heavy atom. The number of aromatic nitrogens is 4. The number of hydrogen-bond acceptors (Lipinski definition) is 4. The molecule has 3 N–H and O–H groups in total. The van der Waals surface area contributed by atoms with Crippen molar-refractivity contribution < 1.29 is 14.3 Å². The van der Waals surface area contributed by atoms with Crippen LogP contribution >= 0.6 is 23.2 Å². The topological polar surface area (TPSA) is 95.8 Å². The van der Waals surface area contributed by atoms with Gasteiger partial charge in [0.1, 0.15) is 17.2 Å². The number of aromatic amines is 1. The standard InChI is InChI=1S/C27H24Cl2FN5O2/c1-13(2)35-21-9-8-15(27(3,4)37)12-19(21)32-26(35)34-25(36)14-10-17(29)23-20(11-14)31-24(33-23)22-16(28)6-5-7-18(22)30/h5-13,37H,1-4H3,(H,31,33)(H,32,34,36). The number of amides is 1. The van der Waals surface area contributed by atoms with Crippen molar-refractivity contribution in [1.29, 1.82) is 0 Å². The van der Waals surface area contributed by atoms with Crippen LogP contribution in [0, 0.1) is 5.82 Å². The molecule has 10 heteroatoms. The Hall–Kier alpha value is -3.46. The van der Waals surface area contributed by atoms with E-state index < -0.39 is 17.3 Å². The summed E-state index contributed by atoms with van der Waals surface area (Å²) < 4.78 is 16.3. The van der Waals surface area contributed by atoms with Crippen molar-refractivity contribution >= 4 is 57.1 Å². The highest BCUT2D eigenvalue weighted by Crippen LogP contribution is 2.33. The van der Waals surface area contributed by atoms with E-state index in [1.165, 1.54) is 18.2 Å². The van der Waals surface area contributed by atoms with E-state index in [0.29, 0.717) is 28.1 Å². The SMILES string of the molecule is CC(C)n1c(NC(=O)c2cc(Cl)c3nc(-c4c(F)cccc4Cl)[nH]c3c2)nc2cc(C(C)(C)O)ccc21. The molecule has 0 atom stereocenters. The summed E-state index contributed by atoms with van der Waals surface area (Å²) in [5, 5.41) is 13.7. The number of carbonyl (C=O) groups excluding carboxylic acids is 1. The second kappa shape index (κ2) is 9.13. The zero-order valence-corrected chi connectivity index (χ0v) is 22.0. The predicted octanol–water partition coefficient (Wildman–Crippen LogP) is 7.09. The number of nitrogens with zero attached hydrogens (tertiary/aromatic N) is 3. The van der Waals surface area contributed by atoms with Gasteiger partial charge >= 0.3 is 0 Å². The van der Waals surface area contributed by atoms with Gasteiger partial charge in [-0.1, -0.05) is 35.3 Å². The molecule has 0 radical (unpaired) electrons. The number of imidazole rings is 2. The molecular formula is C27H24Cl2FN5O2. The first-order valence-electron chi connectivity index (χ1n) is 11.6. The summed E-state index contributed by atoms with van der Waals surface area (Å²) in [6.07, 6.45) is 0. The van der Waals surface area contributed by atoms with E-state index in [4.69, 9.17) is 23.2 Å². The van der Waals surface area contributed by atoms with Crippen LogP contribution in [0.15, 0.2) is 48.5 Å². The van der Waals surface area contributed by atoms with E-state index in [0.717, 1.165) is 5.52 Å². The van der Waals surface area contributed by atoms with Gasteiger partial charge in [-0.05, 0) is 69.7 Å². The molecule has 5 rings (SSSR count).